The molecule has 0 radical (unpaired) electrons. The molecule has 0 aliphatic heterocycles. The molecule has 0 saturated carbocycles. The number of halogens is 3. The van der Waals surface area contributed by atoms with Gasteiger partial charge in [0.2, 0.25) is 11.8 Å². The van der Waals surface area contributed by atoms with Gasteiger partial charge in [-0.3, -0.25) is 9.59 Å². The highest BCUT2D eigenvalue weighted by molar-refractivity contribution is 6.36. The van der Waals surface area contributed by atoms with Gasteiger partial charge in [-0.1, -0.05) is 40.9 Å². The molecule has 0 spiro atoms. The lowest BCUT2D eigenvalue weighted by molar-refractivity contribution is -0.141. The minimum atomic E-state index is -0.681. The van der Waals surface area contributed by atoms with Crippen LogP contribution in [0, 0.1) is 0 Å². The van der Waals surface area contributed by atoms with Crippen LogP contribution in [-0.4, -0.2) is 35.4 Å². The van der Waals surface area contributed by atoms with Crippen LogP contribution in [0.5, 0.6) is 5.75 Å². The first-order valence-corrected chi connectivity index (χ1v) is 11.2. The van der Waals surface area contributed by atoms with E-state index in [4.69, 9.17) is 39.5 Å². The Hall–Kier alpha value is -1.95. The highest BCUT2D eigenvalue weighted by Crippen LogP contribution is 2.27. The molecule has 5 nitrogen and oxygen atoms in total. The van der Waals surface area contributed by atoms with Crippen molar-refractivity contribution in [1.29, 1.82) is 0 Å². The van der Waals surface area contributed by atoms with Crippen LogP contribution in [0.15, 0.2) is 42.5 Å². The van der Waals surface area contributed by atoms with Gasteiger partial charge in [0, 0.05) is 39.6 Å². The Kier molecular flexibility index (Phi) is 9.94. The SMILES string of the molecule is CC(C)NC(=O)C(C)N(Cc1c(Cl)cccc1Cl)C(=O)CCCOc1ccc(Cl)cc1. The minimum Gasteiger partial charge on any atom is -0.494 e. The van der Waals surface area contributed by atoms with Gasteiger partial charge in [-0.05, 0) is 63.6 Å². The van der Waals surface area contributed by atoms with Crippen LogP contribution in [-0.2, 0) is 16.1 Å². The molecule has 0 fully saturated rings. The zero-order valence-electron chi connectivity index (χ0n) is 17.8. The number of ether oxygens (including phenoxy) is 1. The normalized spacial score (nSPS) is 11.8. The molecule has 0 bridgehead atoms. The Morgan fingerprint density at radius 3 is 2.19 bits per heavy atom. The Morgan fingerprint density at radius 2 is 1.61 bits per heavy atom. The quantitative estimate of drug-likeness (QED) is 0.436. The van der Waals surface area contributed by atoms with Gasteiger partial charge in [0.15, 0.2) is 0 Å². The third-order valence-corrected chi connectivity index (χ3v) is 5.57. The lowest BCUT2D eigenvalue weighted by Gasteiger charge is -2.30. The van der Waals surface area contributed by atoms with Gasteiger partial charge in [0.05, 0.1) is 6.61 Å². The monoisotopic (exact) mass is 484 g/mol. The summed E-state index contributed by atoms with van der Waals surface area (Å²) in [6.07, 6.45) is 0.710. The van der Waals surface area contributed by atoms with E-state index in [1.807, 2.05) is 13.8 Å². The zero-order valence-corrected chi connectivity index (χ0v) is 20.1. The van der Waals surface area contributed by atoms with E-state index in [1.165, 1.54) is 4.90 Å². The van der Waals surface area contributed by atoms with E-state index in [2.05, 4.69) is 5.32 Å². The third kappa shape index (κ3) is 7.91. The van der Waals surface area contributed by atoms with Crippen molar-refractivity contribution in [3.8, 4) is 5.75 Å². The summed E-state index contributed by atoms with van der Waals surface area (Å²) in [5.74, 6) is 0.271. The Morgan fingerprint density at radius 1 is 1.00 bits per heavy atom. The fourth-order valence-electron chi connectivity index (χ4n) is 2.93. The number of carbonyl (C=O) groups is 2. The third-order valence-electron chi connectivity index (χ3n) is 4.61. The summed E-state index contributed by atoms with van der Waals surface area (Å²) < 4.78 is 5.66. The molecule has 0 aliphatic carbocycles. The first kappa shape index (κ1) is 25.3. The number of nitrogens with zero attached hydrogens (tertiary/aromatic N) is 1. The maximum atomic E-state index is 13.0. The molecule has 1 atom stereocenters. The minimum absolute atomic E-state index is 0.0384. The first-order chi connectivity index (χ1) is 14.7. The number of amides is 2. The Balaban J connectivity index is 2.06. The highest BCUT2D eigenvalue weighted by Gasteiger charge is 2.27. The molecule has 2 aromatic carbocycles. The molecule has 1 unspecified atom stereocenters. The average molecular weight is 486 g/mol. The summed E-state index contributed by atoms with van der Waals surface area (Å²) in [5, 5.41) is 4.39. The molecule has 168 valence electrons. The molecule has 2 amide bonds. The van der Waals surface area contributed by atoms with Crippen molar-refractivity contribution < 1.29 is 14.3 Å². The molecule has 1 N–H and O–H groups in total. The first-order valence-electron chi connectivity index (χ1n) is 10.1. The van der Waals surface area contributed by atoms with Crippen molar-refractivity contribution >= 4 is 46.6 Å². The van der Waals surface area contributed by atoms with E-state index in [0.29, 0.717) is 39.4 Å². The van der Waals surface area contributed by atoms with Gasteiger partial charge < -0.3 is 15.0 Å². The average Bonchev–Trinajstić information content (AvgIpc) is 2.71. The van der Waals surface area contributed by atoms with E-state index in [9.17, 15) is 9.59 Å². The van der Waals surface area contributed by atoms with Crippen LogP contribution in [0.3, 0.4) is 0 Å². The molecule has 2 aromatic rings. The highest BCUT2D eigenvalue weighted by atomic mass is 35.5. The summed E-state index contributed by atoms with van der Waals surface area (Å²) in [5.41, 5.74) is 0.612. The topological polar surface area (TPSA) is 58.6 Å². The Labute approximate surface area is 198 Å². The number of benzene rings is 2. The number of hydrogen-bond acceptors (Lipinski definition) is 3. The predicted octanol–water partition coefficient (Wildman–Crippen LogP) is 5.75. The van der Waals surface area contributed by atoms with Gasteiger partial charge >= 0.3 is 0 Å². The fraction of sp³-hybridized carbons (Fsp3) is 0.391. The van der Waals surface area contributed by atoms with E-state index in [0.717, 1.165) is 0 Å². The lowest BCUT2D eigenvalue weighted by Crippen LogP contribution is -2.49. The molecule has 0 heterocycles. The molecule has 0 aliphatic rings. The molecular formula is C23H27Cl3N2O3. The van der Waals surface area contributed by atoms with Gasteiger partial charge in [-0.2, -0.15) is 0 Å². The standard InChI is InChI=1S/C23H27Cl3N2O3/c1-15(2)27-23(30)16(3)28(14-19-20(25)6-4-7-21(19)26)22(29)8-5-13-31-18-11-9-17(24)10-12-18/h4,6-7,9-12,15-16H,5,8,13-14H2,1-3H3,(H,27,30). The van der Waals surface area contributed by atoms with Gasteiger partial charge in [-0.15, -0.1) is 0 Å². The number of rotatable bonds is 10. The van der Waals surface area contributed by atoms with Gasteiger partial charge in [-0.25, -0.2) is 0 Å². The van der Waals surface area contributed by atoms with Gasteiger partial charge in [0.1, 0.15) is 11.8 Å². The lowest BCUT2D eigenvalue weighted by atomic mass is 10.1. The van der Waals surface area contributed by atoms with Crippen LogP contribution < -0.4 is 10.1 Å². The number of nitrogens with one attached hydrogen (secondary N) is 1. The second-order valence-electron chi connectivity index (χ2n) is 7.47. The summed E-state index contributed by atoms with van der Waals surface area (Å²) in [4.78, 5) is 27.1. The summed E-state index contributed by atoms with van der Waals surface area (Å²) in [6, 6.07) is 11.5. The predicted molar refractivity (Wildman–Crippen MR) is 126 cm³/mol. The van der Waals surface area contributed by atoms with E-state index in [-0.39, 0.29) is 30.8 Å². The molecular weight excluding hydrogens is 459 g/mol. The summed E-state index contributed by atoms with van der Waals surface area (Å²) in [6.45, 7) is 5.94. The molecule has 2 rings (SSSR count). The van der Waals surface area contributed by atoms with Crippen molar-refractivity contribution in [3.05, 3.63) is 63.1 Å². The summed E-state index contributed by atoms with van der Waals surface area (Å²) >= 11 is 18.5. The summed E-state index contributed by atoms with van der Waals surface area (Å²) in [7, 11) is 0. The number of hydrogen-bond donors (Lipinski definition) is 1. The van der Waals surface area contributed by atoms with E-state index < -0.39 is 6.04 Å². The molecule has 31 heavy (non-hydrogen) atoms. The van der Waals surface area contributed by atoms with Crippen molar-refractivity contribution in [2.75, 3.05) is 6.61 Å². The molecule has 0 saturated heterocycles. The zero-order chi connectivity index (χ0) is 23.0. The van der Waals surface area contributed by atoms with Crippen LogP contribution >= 0.6 is 34.8 Å². The van der Waals surface area contributed by atoms with Crippen molar-refractivity contribution in [2.45, 2.75) is 52.2 Å². The van der Waals surface area contributed by atoms with Crippen LogP contribution in [0.2, 0.25) is 15.1 Å². The largest absolute Gasteiger partial charge is 0.494 e. The Bertz CT molecular complexity index is 868. The smallest absolute Gasteiger partial charge is 0.242 e. The van der Waals surface area contributed by atoms with Crippen LogP contribution in [0.1, 0.15) is 39.2 Å². The maximum absolute atomic E-state index is 13.0. The van der Waals surface area contributed by atoms with Crippen LogP contribution in [0.25, 0.3) is 0 Å². The van der Waals surface area contributed by atoms with E-state index >= 15 is 0 Å². The number of carbonyl (C=O) groups excluding carboxylic acids is 2. The van der Waals surface area contributed by atoms with Gasteiger partial charge in [0.25, 0.3) is 0 Å². The van der Waals surface area contributed by atoms with Crippen molar-refractivity contribution in [2.24, 2.45) is 0 Å². The van der Waals surface area contributed by atoms with E-state index in [1.54, 1.807) is 49.4 Å². The molecule has 0 aromatic heterocycles. The van der Waals surface area contributed by atoms with Crippen molar-refractivity contribution in [3.63, 3.8) is 0 Å². The second-order valence-corrected chi connectivity index (χ2v) is 8.72. The van der Waals surface area contributed by atoms with Crippen LogP contribution in [0.4, 0.5) is 0 Å². The fourth-order valence-corrected chi connectivity index (χ4v) is 3.57. The van der Waals surface area contributed by atoms with Crippen molar-refractivity contribution in [1.82, 2.24) is 10.2 Å². The molecule has 8 heteroatoms. The second kappa shape index (κ2) is 12.2. The maximum Gasteiger partial charge on any atom is 0.242 e.